The average molecular weight is 243 g/mol. The third-order valence-corrected chi connectivity index (χ3v) is 2.39. The fraction of sp³-hybridized carbons (Fsp3) is 0.417. The highest BCUT2D eigenvalue weighted by Crippen LogP contribution is 2.41. The first-order chi connectivity index (χ1) is 7.89. The van der Waals surface area contributed by atoms with E-state index in [2.05, 4.69) is 4.99 Å². The van der Waals surface area contributed by atoms with Crippen LogP contribution in [0.2, 0.25) is 0 Å². The summed E-state index contributed by atoms with van der Waals surface area (Å²) >= 11 is 0. The van der Waals surface area contributed by atoms with Gasteiger partial charge in [0, 0.05) is 5.56 Å². The lowest BCUT2D eigenvalue weighted by Crippen LogP contribution is -2.17. The molecule has 0 bridgehead atoms. The SMILES string of the molecule is CC(C)OC1=NC(C(F)(F)F)c2ccccc21. The van der Waals surface area contributed by atoms with Crippen molar-refractivity contribution in [2.75, 3.05) is 0 Å². The zero-order valence-electron chi connectivity index (χ0n) is 9.45. The summed E-state index contributed by atoms with van der Waals surface area (Å²) in [6.07, 6.45) is -4.58. The number of hydrogen-bond acceptors (Lipinski definition) is 2. The van der Waals surface area contributed by atoms with Crippen LogP contribution >= 0.6 is 0 Å². The van der Waals surface area contributed by atoms with E-state index in [0.717, 1.165) is 0 Å². The Labute approximate surface area is 97.1 Å². The molecule has 2 nitrogen and oxygen atoms in total. The van der Waals surface area contributed by atoms with Crippen molar-refractivity contribution in [3.05, 3.63) is 35.4 Å². The maximum Gasteiger partial charge on any atom is 0.415 e. The lowest BCUT2D eigenvalue weighted by Gasteiger charge is -2.12. The topological polar surface area (TPSA) is 21.6 Å². The summed E-state index contributed by atoms with van der Waals surface area (Å²) in [5.41, 5.74) is 0.596. The van der Waals surface area contributed by atoms with E-state index in [1.54, 1.807) is 32.0 Å². The number of alkyl halides is 3. The van der Waals surface area contributed by atoms with Crippen LogP contribution in [0.25, 0.3) is 0 Å². The summed E-state index contributed by atoms with van der Waals surface area (Å²) in [7, 11) is 0. The van der Waals surface area contributed by atoms with Gasteiger partial charge >= 0.3 is 6.18 Å². The van der Waals surface area contributed by atoms with Crippen molar-refractivity contribution in [1.29, 1.82) is 0 Å². The van der Waals surface area contributed by atoms with E-state index in [1.165, 1.54) is 6.07 Å². The van der Waals surface area contributed by atoms with Crippen LogP contribution in [0.3, 0.4) is 0 Å². The third-order valence-electron chi connectivity index (χ3n) is 2.39. The highest BCUT2D eigenvalue weighted by atomic mass is 19.4. The van der Waals surface area contributed by atoms with Gasteiger partial charge in [-0.1, -0.05) is 18.2 Å². The Morgan fingerprint density at radius 1 is 1.24 bits per heavy atom. The molecule has 92 valence electrons. The number of hydrogen-bond donors (Lipinski definition) is 0. The number of benzene rings is 1. The minimum Gasteiger partial charge on any atom is -0.475 e. The van der Waals surface area contributed by atoms with E-state index >= 15 is 0 Å². The van der Waals surface area contributed by atoms with E-state index in [1.807, 2.05) is 0 Å². The van der Waals surface area contributed by atoms with Crippen molar-refractivity contribution in [3.63, 3.8) is 0 Å². The molecule has 0 aromatic heterocycles. The van der Waals surface area contributed by atoms with Crippen molar-refractivity contribution in [3.8, 4) is 0 Å². The van der Waals surface area contributed by atoms with Gasteiger partial charge in [0.05, 0.1) is 6.10 Å². The Morgan fingerprint density at radius 3 is 2.47 bits per heavy atom. The molecule has 0 amide bonds. The molecule has 0 saturated heterocycles. The molecule has 0 aliphatic carbocycles. The van der Waals surface area contributed by atoms with Crippen LogP contribution in [-0.4, -0.2) is 18.2 Å². The molecule has 5 heteroatoms. The van der Waals surface area contributed by atoms with Gasteiger partial charge < -0.3 is 4.74 Å². The predicted molar refractivity (Wildman–Crippen MR) is 58.0 cm³/mol. The van der Waals surface area contributed by atoms with E-state index in [0.29, 0.717) is 5.56 Å². The molecule has 1 unspecified atom stereocenters. The van der Waals surface area contributed by atoms with Gasteiger partial charge in [0.2, 0.25) is 5.90 Å². The second kappa shape index (κ2) is 4.05. The standard InChI is InChI=1S/C12H12F3NO/c1-7(2)17-11-9-6-4-3-5-8(9)10(16-11)12(13,14)15/h3-7,10H,1-2H3. The Hall–Kier alpha value is -1.52. The molecular formula is C12H12F3NO. The van der Waals surface area contributed by atoms with E-state index in [9.17, 15) is 13.2 Å². The summed E-state index contributed by atoms with van der Waals surface area (Å²) in [5.74, 6) is 0.0814. The van der Waals surface area contributed by atoms with E-state index in [4.69, 9.17) is 4.74 Å². The monoisotopic (exact) mass is 243 g/mol. The third kappa shape index (κ3) is 2.28. The summed E-state index contributed by atoms with van der Waals surface area (Å²) < 4.78 is 43.7. The number of ether oxygens (including phenoxy) is 1. The molecule has 17 heavy (non-hydrogen) atoms. The number of nitrogens with zero attached hydrogens (tertiary/aromatic N) is 1. The molecule has 1 aliphatic heterocycles. The number of rotatable bonds is 1. The minimum atomic E-state index is -4.38. The quantitative estimate of drug-likeness (QED) is 0.740. The Morgan fingerprint density at radius 2 is 1.88 bits per heavy atom. The van der Waals surface area contributed by atoms with Crippen LogP contribution in [0.5, 0.6) is 0 Å². The maximum atomic E-state index is 12.8. The number of halogens is 3. The van der Waals surface area contributed by atoms with Gasteiger partial charge in [-0.15, -0.1) is 0 Å². The van der Waals surface area contributed by atoms with Gasteiger partial charge in [0.25, 0.3) is 0 Å². The summed E-state index contributed by atoms with van der Waals surface area (Å²) in [5, 5.41) is 0. The molecule has 1 aromatic carbocycles. The second-order valence-electron chi connectivity index (χ2n) is 4.13. The molecule has 0 radical (unpaired) electrons. The lowest BCUT2D eigenvalue weighted by molar-refractivity contribution is -0.148. The molecule has 1 aromatic rings. The smallest absolute Gasteiger partial charge is 0.415 e. The molecule has 1 heterocycles. The zero-order chi connectivity index (χ0) is 12.6. The van der Waals surface area contributed by atoms with Crippen molar-refractivity contribution in [2.45, 2.75) is 32.2 Å². The fourth-order valence-corrected chi connectivity index (χ4v) is 1.75. The van der Waals surface area contributed by atoms with Gasteiger partial charge in [-0.25, -0.2) is 4.99 Å². The lowest BCUT2D eigenvalue weighted by atomic mass is 10.0. The van der Waals surface area contributed by atoms with Gasteiger partial charge in [-0.2, -0.15) is 13.2 Å². The molecule has 2 rings (SSSR count). The van der Waals surface area contributed by atoms with Gasteiger partial charge in [0.15, 0.2) is 6.04 Å². The molecular weight excluding hydrogens is 231 g/mol. The Kier molecular flexibility index (Phi) is 2.85. The Bertz CT molecular complexity index is 451. The maximum absolute atomic E-state index is 12.8. The summed E-state index contributed by atoms with van der Waals surface area (Å²) in [4.78, 5) is 3.64. The first-order valence-electron chi connectivity index (χ1n) is 5.30. The fourth-order valence-electron chi connectivity index (χ4n) is 1.75. The van der Waals surface area contributed by atoms with Crippen LogP contribution in [0, 0.1) is 0 Å². The van der Waals surface area contributed by atoms with Crippen LogP contribution in [0.1, 0.15) is 31.0 Å². The molecule has 0 saturated carbocycles. The second-order valence-corrected chi connectivity index (χ2v) is 4.13. The van der Waals surface area contributed by atoms with Crippen molar-refractivity contribution in [2.24, 2.45) is 4.99 Å². The molecule has 1 aliphatic rings. The number of aliphatic imine (C=N–C) groups is 1. The van der Waals surface area contributed by atoms with Crippen LogP contribution in [-0.2, 0) is 4.74 Å². The average Bonchev–Trinajstić information content (AvgIpc) is 2.56. The highest BCUT2D eigenvalue weighted by molar-refractivity contribution is 5.98. The van der Waals surface area contributed by atoms with Gasteiger partial charge in [-0.05, 0) is 25.5 Å². The molecule has 0 spiro atoms. The first-order valence-corrected chi connectivity index (χ1v) is 5.30. The highest BCUT2D eigenvalue weighted by Gasteiger charge is 2.45. The summed E-state index contributed by atoms with van der Waals surface area (Å²) in [6.45, 7) is 3.51. The predicted octanol–water partition coefficient (Wildman–Crippen LogP) is 3.48. The van der Waals surface area contributed by atoms with Gasteiger partial charge in [0.1, 0.15) is 0 Å². The minimum absolute atomic E-state index is 0.0814. The van der Waals surface area contributed by atoms with Crippen molar-refractivity contribution >= 4 is 5.90 Å². The summed E-state index contributed by atoms with van der Waals surface area (Å²) in [6, 6.07) is 4.49. The largest absolute Gasteiger partial charge is 0.475 e. The molecule has 0 N–H and O–H groups in total. The van der Waals surface area contributed by atoms with Crippen molar-refractivity contribution < 1.29 is 17.9 Å². The van der Waals surface area contributed by atoms with Crippen LogP contribution in [0.15, 0.2) is 29.3 Å². The van der Waals surface area contributed by atoms with E-state index in [-0.39, 0.29) is 17.6 Å². The van der Waals surface area contributed by atoms with Gasteiger partial charge in [-0.3, -0.25) is 0 Å². The molecule has 1 atom stereocenters. The first kappa shape index (κ1) is 12.0. The zero-order valence-corrected chi connectivity index (χ0v) is 9.45. The number of fused-ring (bicyclic) bond motifs is 1. The van der Waals surface area contributed by atoms with E-state index < -0.39 is 12.2 Å². The van der Waals surface area contributed by atoms with Crippen LogP contribution < -0.4 is 0 Å². The molecule has 0 fully saturated rings. The Balaban J connectivity index is 2.42. The van der Waals surface area contributed by atoms with Crippen molar-refractivity contribution in [1.82, 2.24) is 0 Å². The normalized spacial score (nSPS) is 19.2. The van der Waals surface area contributed by atoms with Crippen LogP contribution in [0.4, 0.5) is 13.2 Å².